The number of furan rings is 1. The van der Waals surface area contributed by atoms with E-state index in [-0.39, 0.29) is 35.6 Å². The molecule has 0 saturated carbocycles. The molecule has 240 valence electrons. The van der Waals surface area contributed by atoms with Gasteiger partial charge >= 0.3 is 99.2 Å². The van der Waals surface area contributed by atoms with Crippen LogP contribution in [0, 0.1) is 6.07 Å². The first kappa shape index (κ1) is 38.3. The molecule has 0 atom stereocenters. The van der Waals surface area contributed by atoms with Gasteiger partial charge in [0.2, 0.25) is 0 Å². The molecule has 0 fully saturated rings. The molecule has 1 nitrogen and oxygen atoms in total. The van der Waals surface area contributed by atoms with Crippen molar-refractivity contribution in [3.05, 3.63) is 173 Å². The number of hydrogen-bond acceptors (Lipinski definition) is 1. The molecule has 0 radical (unpaired) electrons. The Balaban J connectivity index is 0.000000200. The molecule has 5 aromatic carbocycles. The van der Waals surface area contributed by atoms with Crippen LogP contribution < -0.4 is 24.8 Å². The Kier molecular flexibility index (Phi) is 13.7. The minimum atomic E-state index is 0. The standard InChI is InChI=1S/C21H25.C13H10.C9H7O.2ClH.Zr/c1-20(2,3)16-7-9-18-14(12-16)11-15-13-17(21(4,5)6)8-10-19(15)18;1-3-7-12(8-4-1)11-13-9-5-2-6-10-13;1-2-4-8(3-1)9-5-6-10-7-9;;;/h7-10,12H,11H2,1-6H3;1-10H;1-7H;2*1H;/q-1;;-1;;;+2/p-2. The molecule has 0 N–H and O–H groups in total. The third-order valence-corrected chi connectivity index (χ3v) is 9.53. The predicted octanol–water partition coefficient (Wildman–Crippen LogP) is 5.13. The zero-order valence-electron chi connectivity index (χ0n) is 28.1. The zero-order valence-corrected chi connectivity index (χ0v) is 32.0. The van der Waals surface area contributed by atoms with Gasteiger partial charge in [0.05, 0.1) is 0 Å². The Labute approximate surface area is 309 Å². The number of fused-ring (bicyclic) bond motifs is 3. The topological polar surface area (TPSA) is 13.1 Å². The third-order valence-electron chi connectivity index (χ3n) is 8.11. The van der Waals surface area contributed by atoms with Crippen LogP contribution in [0.3, 0.4) is 0 Å². The molecule has 7 rings (SSSR count). The van der Waals surface area contributed by atoms with Crippen LogP contribution >= 0.6 is 0 Å². The normalized spacial score (nSPS) is 11.3. The van der Waals surface area contributed by atoms with E-state index in [0.29, 0.717) is 0 Å². The Morgan fingerprint density at radius 3 is 1.77 bits per heavy atom. The molecular weight excluding hydrogens is 695 g/mol. The van der Waals surface area contributed by atoms with E-state index in [4.69, 9.17) is 4.42 Å². The van der Waals surface area contributed by atoms with Crippen LogP contribution in [0.4, 0.5) is 0 Å². The maximum atomic E-state index is 4.94. The maximum Gasteiger partial charge on any atom is 0.0471 e. The Morgan fingerprint density at radius 2 is 1.26 bits per heavy atom. The number of hydrogen-bond donors (Lipinski definition) is 0. The number of halogens is 2. The summed E-state index contributed by atoms with van der Waals surface area (Å²) < 4.78 is 6.35. The van der Waals surface area contributed by atoms with Gasteiger partial charge in [0.25, 0.3) is 0 Å². The van der Waals surface area contributed by atoms with Crippen LogP contribution in [-0.4, -0.2) is 3.21 Å². The molecule has 4 heteroatoms. The van der Waals surface area contributed by atoms with Crippen LogP contribution in [0.15, 0.2) is 138 Å². The van der Waals surface area contributed by atoms with Gasteiger partial charge in [-0.1, -0.05) is 82.5 Å². The van der Waals surface area contributed by atoms with Crippen LogP contribution in [0.25, 0.3) is 22.3 Å². The molecule has 0 amide bonds. The first-order valence-corrected chi connectivity index (χ1v) is 16.9. The summed E-state index contributed by atoms with van der Waals surface area (Å²) in [6.07, 6.45) is 4.45. The predicted molar refractivity (Wildman–Crippen MR) is 187 cm³/mol. The van der Waals surface area contributed by atoms with Crippen molar-refractivity contribution in [2.45, 2.75) is 58.8 Å². The molecular formula is C43H42Cl2OZr-2. The van der Waals surface area contributed by atoms with Gasteiger partial charge in [0.15, 0.2) is 0 Å². The molecule has 47 heavy (non-hydrogen) atoms. The Hall–Kier alpha value is -3.16. The van der Waals surface area contributed by atoms with Crippen molar-refractivity contribution in [2.24, 2.45) is 0 Å². The third kappa shape index (κ3) is 9.93. The quantitative estimate of drug-likeness (QED) is 0.230. The van der Waals surface area contributed by atoms with E-state index in [0.717, 1.165) is 12.0 Å². The second-order valence-electron chi connectivity index (χ2n) is 13.6. The van der Waals surface area contributed by atoms with Gasteiger partial charge in [0, 0.05) is 12.5 Å². The molecule has 0 saturated heterocycles. The van der Waals surface area contributed by atoms with Gasteiger partial charge in [-0.15, -0.1) is 23.3 Å². The van der Waals surface area contributed by atoms with E-state index in [1.807, 2.05) is 18.2 Å². The molecule has 0 spiro atoms. The van der Waals surface area contributed by atoms with E-state index in [9.17, 15) is 0 Å². The fourth-order valence-electron chi connectivity index (χ4n) is 5.40. The van der Waals surface area contributed by atoms with Crippen molar-refractivity contribution >= 4 is 3.21 Å². The van der Waals surface area contributed by atoms with E-state index in [2.05, 4.69) is 151 Å². The van der Waals surface area contributed by atoms with Gasteiger partial charge in [-0.2, -0.15) is 35.9 Å². The maximum absolute atomic E-state index is 4.94. The Bertz CT molecular complexity index is 1690. The summed E-state index contributed by atoms with van der Waals surface area (Å²) in [4.78, 5) is 0. The van der Waals surface area contributed by atoms with Crippen LogP contribution in [-0.2, 0) is 41.5 Å². The average Bonchev–Trinajstić information content (AvgIpc) is 3.82. The van der Waals surface area contributed by atoms with Crippen LogP contribution in [0.2, 0.25) is 0 Å². The number of benzene rings is 4. The minimum absolute atomic E-state index is 0. The monoisotopic (exact) mass is 734 g/mol. The minimum Gasteiger partial charge on any atom is -0.515 e. The van der Waals surface area contributed by atoms with E-state index in [1.54, 1.807) is 12.5 Å². The first-order valence-electron chi connectivity index (χ1n) is 15.6. The van der Waals surface area contributed by atoms with Gasteiger partial charge in [-0.3, -0.25) is 0 Å². The second kappa shape index (κ2) is 16.8. The summed E-state index contributed by atoms with van der Waals surface area (Å²) >= 11 is 1.46. The number of rotatable bonds is 3. The summed E-state index contributed by atoms with van der Waals surface area (Å²) in [6, 6.07) is 46.4. The fraction of sp³-hybridized carbons (Fsp3) is 0.209. The van der Waals surface area contributed by atoms with Crippen LogP contribution in [0.5, 0.6) is 0 Å². The van der Waals surface area contributed by atoms with Crippen molar-refractivity contribution in [1.82, 2.24) is 0 Å². The van der Waals surface area contributed by atoms with Crippen molar-refractivity contribution < 1.29 is 53.5 Å². The molecule has 0 unspecified atom stereocenters. The molecule has 1 aliphatic carbocycles. The Morgan fingerprint density at radius 1 is 0.681 bits per heavy atom. The molecule has 1 heterocycles. The van der Waals surface area contributed by atoms with Gasteiger partial charge in [0.1, 0.15) is 0 Å². The molecule has 1 aromatic heterocycles. The summed E-state index contributed by atoms with van der Waals surface area (Å²) in [5.74, 6) is 0. The van der Waals surface area contributed by atoms with Gasteiger partial charge < -0.3 is 29.2 Å². The van der Waals surface area contributed by atoms with Crippen LogP contribution in [0.1, 0.15) is 74.9 Å². The fourth-order valence-corrected chi connectivity index (χ4v) is 6.22. The summed E-state index contributed by atoms with van der Waals surface area (Å²) in [5.41, 5.74) is 13.7. The molecule has 0 bridgehead atoms. The van der Waals surface area contributed by atoms with Crippen molar-refractivity contribution in [1.29, 1.82) is 0 Å². The van der Waals surface area contributed by atoms with Gasteiger partial charge in [-0.05, 0) is 28.4 Å². The summed E-state index contributed by atoms with van der Waals surface area (Å²) in [5, 5.41) is 0. The second-order valence-corrected chi connectivity index (χ2v) is 14.8. The molecule has 1 aliphatic rings. The average molecular weight is 737 g/mol. The van der Waals surface area contributed by atoms with Gasteiger partial charge in [-0.25, -0.2) is 0 Å². The zero-order chi connectivity index (χ0) is 32.0. The largest absolute Gasteiger partial charge is 0.515 e. The van der Waals surface area contributed by atoms with Crippen molar-refractivity contribution in [3.63, 3.8) is 0 Å². The summed E-state index contributed by atoms with van der Waals surface area (Å²) in [7, 11) is 0. The van der Waals surface area contributed by atoms with E-state index >= 15 is 0 Å². The molecule has 0 aliphatic heterocycles. The summed E-state index contributed by atoms with van der Waals surface area (Å²) in [6.45, 7) is 13.6. The SMILES string of the molecule is CC(C)(C)c1[c-]c2c(cc1)-c1ccc(C(C)(C)C)cc1C2.[Cl-].[Cl-].[Zr+2]=[C](c1ccccc1)c1ccccc1.c1cc[c-](-c2ccoc2)c1. The van der Waals surface area contributed by atoms with Crippen molar-refractivity contribution in [2.75, 3.05) is 0 Å². The van der Waals surface area contributed by atoms with E-state index < -0.39 is 0 Å². The molecule has 6 aromatic rings. The van der Waals surface area contributed by atoms with Crippen molar-refractivity contribution in [3.8, 4) is 22.3 Å². The van der Waals surface area contributed by atoms with E-state index in [1.165, 1.54) is 77.5 Å². The smallest absolute Gasteiger partial charge is 0.0471 e. The first-order chi connectivity index (χ1) is 21.5.